The minimum absolute atomic E-state index is 0.0734. The van der Waals surface area contributed by atoms with Gasteiger partial charge in [0.1, 0.15) is 28.4 Å². The molecule has 0 saturated carbocycles. The number of phenolic OH excluding ortho intramolecular Hbond substituents is 1. The summed E-state index contributed by atoms with van der Waals surface area (Å²) < 4.78 is 38.2. The number of aromatic hydroxyl groups is 1. The van der Waals surface area contributed by atoms with E-state index in [1.807, 2.05) is 0 Å². The van der Waals surface area contributed by atoms with Crippen LogP contribution in [0.4, 0.5) is 10.1 Å². The zero-order valence-corrected chi connectivity index (χ0v) is 19.5. The van der Waals surface area contributed by atoms with Gasteiger partial charge in [-0.25, -0.2) is 22.5 Å². The van der Waals surface area contributed by atoms with Crippen LogP contribution in [0, 0.1) is 5.82 Å². The second-order valence-electron chi connectivity index (χ2n) is 7.64. The average molecular weight is 503 g/mol. The van der Waals surface area contributed by atoms with Crippen molar-refractivity contribution in [3.63, 3.8) is 0 Å². The number of fused-ring (bicyclic) bond motifs is 1. The third-order valence-electron chi connectivity index (χ3n) is 5.05. The van der Waals surface area contributed by atoms with Gasteiger partial charge in [-0.3, -0.25) is 4.79 Å². The number of aromatic amines is 1. The summed E-state index contributed by atoms with van der Waals surface area (Å²) in [7, 11) is -3.25. The fraction of sp³-hybridized carbons (Fsp3) is 0.130. The summed E-state index contributed by atoms with van der Waals surface area (Å²) in [6, 6.07) is 13.9. The number of imidazole rings is 1. The highest BCUT2D eigenvalue weighted by Crippen LogP contribution is 2.31. The van der Waals surface area contributed by atoms with Crippen LogP contribution in [0.2, 0.25) is 5.02 Å². The van der Waals surface area contributed by atoms with E-state index in [1.54, 1.807) is 24.3 Å². The molecule has 34 heavy (non-hydrogen) atoms. The fourth-order valence-electron chi connectivity index (χ4n) is 3.38. The Bertz CT molecular complexity index is 1490. The summed E-state index contributed by atoms with van der Waals surface area (Å²) in [4.78, 5) is 20.3. The van der Waals surface area contributed by atoms with Crippen LogP contribution < -0.4 is 10.0 Å². The molecule has 0 saturated heterocycles. The van der Waals surface area contributed by atoms with Gasteiger partial charge in [0.2, 0.25) is 10.0 Å². The van der Waals surface area contributed by atoms with Crippen LogP contribution in [0.5, 0.6) is 5.75 Å². The second-order valence-corrected chi connectivity index (χ2v) is 9.88. The lowest BCUT2D eigenvalue weighted by Crippen LogP contribution is -2.24. The van der Waals surface area contributed by atoms with Crippen molar-refractivity contribution in [2.24, 2.45) is 0 Å². The van der Waals surface area contributed by atoms with E-state index in [2.05, 4.69) is 20.0 Å². The first-order valence-corrected chi connectivity index (χ1v) is 12.4. The van der Waals surface area contributed by atoms with E-state index in [0.717, 1.165) is 11.8 Å². The number of hydrogen-bond donors (Lipinski definition) is 4. The van der Waals surface area contributed by atoms with Gasteiger partial charge in [0, 0.05) is 17.8 Å². The molecule has 0 fully saturated rings. The first kappa shape index (κ1) is 23.7. The summed E-state index contributed by atoms with van der Waals surface area (Å²) in [6.45, 7) is 0.275. The topological polar surface area (TPSA) is 124 Å². The molecule has 4 aromatic rings. The van der Waals surface area contributed by atoms with Gasteiger partial charge in [-0.15, -0.1) is 0 Å². The summed E-state index contributed by atoms with van der Waals surface area (Å²) in [6.07, 6.45) is 1.60. The van der Waals surface area contributed by atoms with E-state index in [-0.39, 0.29) is 33.9 Å². The maximum absolute atomic E-state index is 13.5. The zero-order chi connectivity index (χ0) is 24.5. The van der Waals surface area contributed by atoms with Crippen LogP contribution in [0.15, 0.2) is 54.6 Å². The molecule has 0 aliphatic carbocycles. The van der Waals surface area contributed by atoms with E-state index in [4.69, 9.17) is 11.6 Å². The Morgan fingerprint density at radius 3 is 2.56 bits per heavy atom. The number of benzene rings is 3. The molecule has 0 unspecified atom stereocenters. The van der Waals surface area contributed by atoms with Gasteiger partial charge in [0.05, 0.1) is 16.8 Å². The highest BCUT2D eigenvalue weighted by molar-refractivity contribution is 7.88. The molecule has 1 aromatic heterocycles. The molecule has 3 aromatic carbocycles. The Labute approximate surface area is 199 Å². The molecule has 176 valence electrons. The van der Waals surface area contributed by atoms with Crippen molar-refractivity contribution in [3.8, 4) is 17.1 Å². The molecule has 0 radical (unpaired) electrons. The molecular weight excluding hydrogens is 483 g/mol. The van der Waals surface area contributed by atoms with Crippen LogP contribution in [-0.2, 0) is 16.4 Å². The van der Waals surface area contributed by atoms with Gasteiger partial charge in [0.25, 0.3) is 5.91 Å². The van der Waals surface area contributed by atoms with Crippen molar-refractivity contribution in [3.05, 3.63) is 76.6 Å². The standard InChI is InChI=1S/C23H20ClFN4O4S/c1-34(32,33)26-11-10-13-2-5-15(6-3-13)27-23(31)16-7-9-19(30)21-20(16)28-22(29-21)14-4-8-18(25)17(24)12-14/h2-9,12,26,30H,10-11H2,1H3,(H,27,31)(H,28,29). The van der Waals surface area contributed by atoms with Crippen LogP contribution in [0.25, 0.3) is 22.4 Å². The average Bonchev–Trinajstić information content (AvgIpc) is 3.22. The predicted octanol–water partition coefficient (Wildman–Crippen LogP) is 4.07. The number of hydrogen-bond acceptors (Lipinski definition) is 5. The molecule has 4 N–H and O–H groups in total. The van der Waals surface area contributed by atoms with Gasteiger partial charge in [-0.05, 0) is 54.4 Å². The van der Waals surface area contributed by atoms with Gasteiger partial charge in [-0.1, -0.05) is 23.7 Å². The number of anilines is 1. The first-order valence-electron chi connectivity index (χ1n) is 10.1. The van der Waals surface area contributed by atoms with Crippen molar-refractivity contribution in [2.75, 3.05) is 18.1 Å². The van der Waals surface area contributed by atoms with E-state index in [9.17, 15) is 22.7 Å². The molecule has 1 amide bonds. The highest BCUT2D eigenvalue weighted by Gasteiger charge is 2.18. The summed E-state index contributed by atoms with van der Waals surface area (Å²) >= 11 is 5.86. The number of nitrogens with zero attached hydrogens (tertiary/aromatic N) is 1. The molecule has 8 nitrogen and oxygen atoms in total. The number of sulfonamides is 1. The maximum Gasteiger partial charge on any atom is 0.257 e. The SMILES string of the molecule is CS(=O)(=O)NCCc1ccc(NC(=O)c2ccc(O)c3[nH]c(-c4ccc(F)c(Cl)c4)nc23)cc1. The van der Waals surface area contributed by atoms with E-state index in [1.165, 1.54) is 30.3 Å². The number of H-pyrrole nitrogens is 1. The molecule has 0 spiro atoms. The second kappa shape index (κ2) is 9.41. The minimum atomic E-state index is -3.25. The monoisotopic (exact) mass is 502 g/mol. The normalized spacial score (nSPS) is 11.6. The molecular formula is C23H20ClFN4O4S. The summed E-state index contributed by atoms with van der Waals surface area (Å²) in [5.74, 6) is -0.779. The first-order chi connectivity index (χ1) is 16.1. The van der Waals surface area contributed by atoms with Crippen molar-refractivity contribution >= 4 is 44.3 Å². The lowest BCUT2D eigenvalue weighted by atomic mass is 10.1. The lowest BCUT2D eigenvalue weighted by Gasteiger charge is -2.08. The molecule has 0 atom stereocenters. The number of nitrogens with one attached hydrogen (secondary N) is 3. The molecule has 11 heteroatoms. The van der Waals surface area contributed by atoms with Crippen molar-refractivity contribution < 1.29 is 22.7 Å². The molecule has 0 aliphatic heterocycles. The quantitative estimate of drug-likeness (QED) is 0.303. The Hall–Kier alpha value is -3.47. The predicted molar refractivity (Wildman–Crippen MR) is 129 cm³/mol. The zero-order valence-electron chi connectivity index (χ0n) is 17.9. The van der Waals surface area contributed by atoms with Gasteiger partial charge >= 0.3 is 0 Å². The molecule has 0 aliphatic rings. The Kier molecular flexibility index (Phi) is 6.56. The highest BCUT2D eigenvalue weighted by atomic mass is 35.5. The number of amides is 1. The number of rotatable bonds is 7. The summed E-state index contributed by atoms with van der Waals surface area (Å²) in [5.41, 5.74) is 2.66. The van der Waals surface area contributed by atoms with Gasteiger partial charge in [0.15, 0.2) is 0 Å². The largest absolute Gasteiger partial charge is 0.506 e. The fourth-order valence-corrected chi connectivity index (χ4v) is 4.03. The van der Waals surface area contributed by atoms with Crippen molar-refractivity contribution in [1.82, 2.24) is 14.7 Å². The summed E-state index contributed by atoms with van der Waals surface area (Å²) in [5, 5.41) is 13.0. The van der Waals surface area contributed by atoms with Crippen LogP contribution in [0.3, 0.4) is 0 Å². The van der Waals surface area contributed by atoms with Gasteiger partial charge < -0.3 is 15.4 Å². The lowest BCUT2D eigenvalue weighted by molar-refractivity contribution is 0.102. The molecule has 0 bridgehead atoms. The van der Waals surface area contributed by atoms with Crippen LogP contribution in [-0.4, -0.2) is 42.2 Å². The van der Waals surface area contributed by atoms with E-state index >= 15 is 0 Å². The van der Waals surface area contributed by atoms with Crippen LogP contribution in [0.1, 0.15) is 15.9 Å². The maximum atomic E-state index is 13.5. The smallest absolute Gasteiger partial charge is 0.257 e. The van der Waals surface area contributed by atoms with Crippen molar-refractivity contribution in [2.45, 2.75) is 6.42 Å². The van der Waals surface area contributed by atoms with Gasteiger partial charge in [-0.2, -0.15) is 0 Å². The molecule has 4 rings (SSSR count). The molecule has 1 heterocycles. The number of carbonyl (C=O) groups is 1. The third-order valence-corrected chi connectivity index (χ3v) is 6.07. The Balaban J connectivity index is 1.55. The Morgan fingerprint density at radius 2 is 1.88 bits per heavy atom. The Morgan fingerprint density at radius 1 is 1.15 bits per heavy atom. The van der Waals surface area contributed by atoms with E-state index < -0.39 is 21.7 Å². The third kappa shape index (κ3) is 5.36. The number of carbonyl (C=O) groups excluding carboxylic acids is 1. The number of halogens is 2. The number of aromatic nitrogens is 2. The van der Waals surface area contributed by atoms with Crippen molar-refractivity contribution in [1.29, 1.82) is 0 Å². The van der Waals surface area contributed by atoms with Crippen LogP contribution >= 0.6 is 11.6 Å². The number of phenols is 1. The minimum Gasteiger partial charge on any atom is -0.506 e. The van der Waals surface area contributed by atoms with E-state index in [0.29, 0.717) is 23.5 Å².